The fourth-order valence-electron chi connectivity index (χ4n) is 1.41. The maximum Gasteiger partial charge on any atom is 0.198 e. The van der Waals surface area contributed by atoms with Crippen molar-refractivity contribution in [3.63, 3.8) is 0 Å². The smallest absolute Gasteiger partial charge is 0.198 e. The van der Waals surface area contributed by atoms with Crippen LogP contribution in [-0.2, 0) is 0 Å². The van der Waals surface area contributed by atoms with Gasteiger partial charge in [0.15, 0.2) is 5.96 Å². The fourth-order valence-corrected chi connectivity index (χ4v) is 2.01. The van der Waals surface area contributed by atoms with E-state index in [1.54, 1.807) is 0 Å². The van der Waals surface area contributed by atoms with E-state index in [1.165, 1.54) is 28.6 Å². The highest BCUT2D eigenvalue weighted by Crippen LogP contribution is 2.27. The zero-order valence-corrected chi connectivity index (χ0v) is 9.48. The highest BCUT2D eigenvalue weighted by molar-refractivity contribution is 7.98. The Hall–Kier alpha value is -1.16. The number of guanidine groups is 1. The maximum absolute atomic E-state index is 5.28. The summed E-state index contributed by atoms with van der Waals surface area (Å²) in [5, 5.41) is 0. The van der Waals surface area contributed by atoms with Crippen LogP contribution in [0.3, 0.4) is 0 Å². The van der Waals surface area contributed by atoms with Crippen LogP contribution in [0.4, 0.5) is 0 Å². The fraction of sp³-hybridized carbons (Fsp3) is 0.300. The predicted molar refractivity (Wildman–Crippen MR) is 62.3 cm³/mol. The van der Waals surface area contributed by atoms with Crippen LogP contribution in [0.5, 0.6) is 0 Å². The molecule has 0 heterocycles. The number of hydrogen-bond acceptors (Lipinski definition) is 2. The maximum atomic E-state index is 5.28. The first kappa shape index (κ1) is 10.9. The molecule has 4 heteroatoms. The molecule has 0 fully saturated rings. The lowest BCUT2D eigenvalue weighted by molar-refractivity contribution is 1.19. The highest BCUT2D eigenvalue weighted by Gasteiger charge is 2.03. The molecule has 0 aliphatic rings. The Morgan fingerprint density at radius 3 is 2.07 bits per heavy atom. The van der Waals surface area contributed by atoms with Gasteiger partial charge >= 0.3 is 0 Å². The van der Waals surface area contributed by atoms with Crippen LogP contribution < -0.4 is 11.5 Å². The van der Waals surface area contributed by atoms with Crippen LogP contribution in [-0.4, -0.2) is 5.96 Å². The number of nitrogens with two attached hydrogens (primary N) is 2. The second kappa shape index (κ2) is 4.37. The molecule has 4 N–H and O–H groups in total. The summed E-state index contributed by atoms with van der Waals surface area (Å²) in [5.41, 5.74) is 14.2. The van der Waals surface area contributed by atoms with E-state index in [0.717, 1.165) is 4.90 Å². The van der Waals surface area contributed by atoms with Gasteiger partial charge in [-0.1, -0.05) is 17.7 Å². The minimum Gasteiger partial charge on any atom is -0.369 e. The Morgan fingerprint density at radius 2 is 1.64 bits per heavy atom. The van der Waals surface area contributed by atoms with Gasteiger partial charge in [0.1, 0.15) is 0 Å². The zero-order chi connectivity index (χ0) is 10.7. The average Bonchev–Trinajstić information content (AvgIpc) is 2.01. The Bertz CT molecular complexity index is 345. The lowest BCUT2D eigenvalue weighted by Crippen LogP contribution is -2.21. The molecule has 0 atom stereocenters. The number of rotatable bonds is 2. The molecule has 0 aliphatic heterocycles. The molecule has 3 nitrogen and oxygen atoms in total. The molecule has 0 radical (unpaired) electrons. The molecule has 0 amide bonds. The van der Waals surface area contributed by atoms with Crippen LogP contribution >= 0.6 is 11.9 Å². The van der Waals surface area contributed by atoms with Crippen molar-refractivity contribution in [3.8, 4) is 0 Å². The van der Waals surface area contributed by atoms with Crippen molar-refractivity contribution in [3.05, 3.63) is 28.8 Å². The SMILES string of the molecule is Cc1cc(C)c(SN=C(N)N)c(C)c1. The van der Waals surface area contributed by atoms with E-state index in [4.69, 9.17) is 11.5 Å². The summed E-state index contributed by atoms with van der Waals surface area (Å²) in [4.78, 5) is 1.13. The quantitative estimate of drug-likeness (QED) is 0.444. The van der Waals surface area contributed by atoms with Gasteiger partial charge in [0.2, 0.25) is 0 Å². The number of hydrogen-bond donors (Lipinski definition) is 2. The molecular formula is C10H15N3S. The van der Waals surface area contributed by atoms with E-state index in [-0.39, 0.29) is 5.96 Å². The van der Waals surface area contributed by atoms with E-state index in [0.29, 0.717) is 0 Å². The van der Waals surface area contributed by atoms with Crippen molar-refractivity contribution >= 4 is 17.9 Å². The Labute approximate surface area is 88.7 Å². The van der Waals surface area contributed by atoms with Gasteiger partial charge in [-0.15, -0.1) is 0 Å². The van der Waals surface area contributed by atoms with Gasteiger partial charge in [-0.05, 0) is 31.9 Å². The molecule has 0 saturated carbocycles. The number of aryl methyl sites for hydroxylation is 3. The first-order valence-corrected chi connectivity index (χ1v) is 5.12. The van der Waals surface area contributed by atoms with Gasteiger partial charge in [0.05, 0.1) is 0 Å². The largest absolute Gasteiger partial charge is 0.369 e. The molecule has 0 spiro atoms. The molecule has 1 aromatic rings. The molecule has 1 aromatic carbocycles. The van der Waals surface area contributed by atoms with Gasteiger partial charge in [-0.25, -0.2) is 0 Å². The predicted octanol–water partition coefficient (Wildman–Crippen LogP) is 1.89. The van der Waals surface area contributed by atoms with Crippen LogP contribution in [0.25, 0.3) is 0 Å². The Balaban J connectivity index is 3.03. The lowest BCUT2D eigenvalue weighted by atomic mass is 10.1. The first-order valence-electron chi connectivity index (χ1n) is 4.34. The Morgan fingerprint density at radius 1 is 1.14 bits per heavy atom. The third-order valence-electron chi connectivity index (χ3n) is 1.85. The van der Waals surface area contributed by atoms with Crippen molar-refractivity contribution in [1.82, 2.24) is 0 Å². The zero-order valence-electron chi connectivity index (χ0n) is 8.66. The van der Waals surface area contributed by atoms with Crippen molar-refractivity contribution < 1.29 is 0 Å². The summed E-state index contributed by atoms with van der Waals surface area (Å²) in [6, 6.07) is 4.25. The Kier molecular flexibility index (Phi) is 3.41. The van der Waals surface area contributed by atoms with Crippen LogP contribution in [0, 0.1) is 20.8 Å². The van der Waals surface area contributed by atoms with Crippen molar-refractivity contribution in [2.75, 3.05) is 0 Å². The van der Waals surface area contributed by atoms with Crippen LogP contribution in [0.2, 0.25) is 0 Å². The summed E-state index contributed by atoms with van der Waals surface area (Å²) in [6.07, 6.45) is 0. The first-order chi connectivity index (χ1) is 6.50. The molecule has 0 unspecified atom stereocenters. The minimum atomic E-state index is 0.106. The third kappa shape index (κ3) is 2.67. The van der Waals surface area contributed by atoms with Gasteiger partial charge < -0.3 is 11.5 Å². The standard InChI is InChI=1S/C10H15N3S/c1-6-4-7(2)9(8(3)5-6)14-13-10(11)12/h4-5H,1-3H3,(H4,11,12,13). The van der Waals surface area contributed by atoms with Gasteiger partial charge in [0.25, 0.3) is 0 Å². The second-order valence-corrected chi connectivity index (χ2v) is 4.11. The van der Waals surface area contributed by atoms with E-state index >= 15 is 0 Å². The molecule has 14 heavy (non-hydrogen) atoms. The summed E-state index contributed by atoms with van der Waals surface area (Å²) < 4.78 is 3.94. The summed E-state index contributed by atoms with van der Waals surface area (Å²) in [5.74, 6) is 0.106. The monoisotopic (exact) mass is 209 g/mol. The van der Waals surface area contributed by atoms with Gasteiger partial charge in [-0.3, -0.25) is 0 Å². The summed E-state index contributed by atoms with van der Waals surface area (Å²) in [7, 11) is 0. The average molecular weight is 209 g/mol. The van der Waals surface area contributed by atoms with Crippen molar-refractivity contribution in [2.45, 2.75) is 25.7 Å². The van der Waals surface area contributed by atoms with Gasteiger partial charge in [0, 0.05) is 16.8 Å². The third-order valence-corrected chi connectivity index (χ3v) is 2.98. The number of benzene rings is 1. The van der Waals surface area contributed by atoms with E-state index < -0.39 is 0 Å². The van der Waals surface area contributed by atoms with Crippen LogP contribution in [0.1, 0.15) is 16.7 Å². The second-order valence-electron chi connectivity index (χ2n) is 3.34. The normalized spacial score (nSPS) is 9.93. The van der Waals surface area contributed by atoms with Crippen LogP contribution in [0.15, 0.2) is 21.4 Å². The summed E-state index contributed by atoms with van der Waals surface area (Å²) in [6.45, 7) is 6.20. The number of nitrogens with zero attached hydrogens (tertiary/aromatic N) is 1. The van der Waals surface area contributed by atoms with E-state index in [2.05, 4.69) is 37.3 Å². The molecule has 0 aromatic heterocycles. The topological polar surface area (TPSA) is 64.4 Å². The van der Waals surface area contributed by atoms with Crippen molar-refractivity contribution in [1.29, 1.82) is 0 Å². The molecule has 1 rings (SSSR count). The molecule has 0 saturated heterocycles. The van der Waals surface area contributed by atoms with E-state index in [1.807, 2.05) is 0 Å². The molecule has 0 bridgehead atoms. The molecule has 0 aliphatic carbocycles. The van der Waals surface area contributed by atoms with Gasteiger partial charge in [-0.2, -0.15) is 4.40 Å². The minimum absolute atomic E-state index is 0.106. The highest BCUT2D eigenvalue weighted by atomic mass is 32.2. The summed E-state index contributed by atoms with van der Waals surface area (Å²) >= 11 is 1.33. The molecular weight excluding hydrogens is 194 g/mol. The molecule has 76 valence electrons. The lowest BCUT2D eigenvalue weighted by Gasteiger charge is -2.07. The van der Waals surface area contributed by atoms with Crippen molar-refractivity contribution in [2.24, 2.45) is 15.9 Å². The van der Waals surface area contributed by atoms with E-state index in [9.17, 15) is 0 Å².